The average Bonchev–Trinajstić information content (AvgIpc) is 3.12. The van der Waals surface area contributed by atoms with E-state index in [-0.39, 0.29) is 11.7 Å². The van der Waals surface area contributed by atoms with E-state index < -0.39 is 6.10 Å². The number of ether oxygens (including phenoxy) is 1. The number of nitrogens with zero attached hydrogens (tertiary/aromatic N) is 1. The lowest BCUT2D eigenvalue weighted by atomic mass is 10.2. The molecule has 108 valence electrons. The molecule has 0 aromatic heterocycles. The molecule has 5 heteroatoms. The number of nitrogens with one attached hydrogen (secondary N) is 1. The van der Waals surface area contributed by atoms with Crippen LogP contribution in [-0.4, -0.2) is 31.7 Å². The molecule has 2 saturated heterocycles. The van der Waals surface area contributed by atoms with Gasteiger partial charge in [-0.15, -0.1) is 0 Å². The fourth-order valence-electron chi connectivity index (χ4n) is 2.84. The van der Waals surface area contributed by atoms with E-state index in [1.807, 2.05) is 0 Å². The molecule has 20 heavy (non-hydrogen) atoms. The van der Waals surface area contributed by atoms with E-state index in [1.54, 1.807) is 6.07 Å². The maximum absolute atomic E-state index is 13.5. The van der Waals surface area contributed by atoms with Gasteiger partial charge in [0.1, 0.15) is 11.9 Å². The van der Waals surface area contributed by atoms with Gasteiger partial charge in [0.25, 0.3) is 5.91 Å². The van der Waals surface area contributed by atoms with E-state index in [0.29, 0.717) is 12.3 Å². The van der Waals surface area contributed by atoms with Crippen molar-refractivity contribution in [1.82, 2.24) is 0 Å². The second kappa shape index (κ2) is 5.79. The Hall–Kier alpha value is -1.62. The van der Waals surface area contributed by atoms with Gasteiger partial charge in [-0.1, -0.05) is 0 Å². The smallest absolute Gasteiger partial charge is 0.253 e. The summed E-state index contributed by atoms with van der Waals surface area (Å²) in [5.41, 5.74) is 1.45. The van der Waals surface area contributed by atoms with Crippen LogP contribution in [0.15, 0.2) is 18.2 Å². The highest BCUT2D eigenvalue weighted by Gasteiger charge is 2.25. The third kappa shape index (κ3) is 2.77. The Morgan fingerprint density at radius 2 is 2.10 bits per heavy atom. The maximum atomic E-state index is 13.5. The van der Waals surface area contributed by atoms with Crippen molar-refractivity contribution in [3.63, 3.8) is 0 Å². The van der Waals surface area contributed by atoms with Crippen molar-refractivity contribution in [3.8, 4) is 0 Å². The predicted molar refractivity (Wildman–Crippen MR) is 75.5 cm³/mol. The predicted octanol–water partition coefficient (Wildman–Crippen LogP) is 2.54. The molecule has 2 aliphatic rings. The second-order valence-electron chi connectivity index (χ2n) is 5.35. The summed E-state index contributed by atoms with van der Waals surface area (Å²) < 4.78 is 18.8. The Kier molecular flexibility index (Phi) is 3.87. The van der Waals surface area contributed by atoms with Crippen LogP contribution < -0.4 is 10.2 Å². The first kappa shape index (κ1) is 13.4. The van der Waals surface area contributed by atoms with Gasteiger partial charge in [-0.3, -0.25) is 4.79 Å². The lowest BCUT2D eigenvalue weighted by Crippen LogP contribution is -2.28. The third-order valence-corrected chi connectivity index (χ3v) is 3.89. The molecular formula is C15H19FN2O2. The summed E-state index contributed by atoms with van der Waals surface area (Å²) in [5.74, 6) is -0.510. The van der Waals surface area contributed by atoms with E-state index in [2.05, 4.69) is 10.2 Å². The quantitative estimate of drug-likeness (QED) is 0.924. The average molecular weight is 278 g/mol. The Bertz CT molecular complexity index is 495. The number of halogens is 1. The van der Waals surface area contributed by atoms with Crippen molar-refractivity contribution in [1.29, 1.82) is 0 Å². The van der Waals surface area contributed by atoms with Gasteiger partial charge in [0.2, 0.25) is 0 Å². The van der Waals surface area contributed by atoms with Crippen LogP contribution >= 0.6 is 0 Å². The molecule has 0 saturated carbocycles. The number of anilines is 2. The summed E-state index contributed by atoms with van der Waals surface area (Å²) in [5, 5.41) is 2.82. The number of carbonyl (C=O) groups is 1. The number of rotatable bonds is 3. The molecule has 0 radical (unpaired) electrons. The second-order valence-corrected chi connectivity index (χ2v) is 5.35. The van der Waals surface area contributed by atoms with Gasteiger partial charge in [0.15, 0.2) is 0 Å². The number of benzene rings is 1. The molecule has 0 bridgehead atoms. The van der Waals surface area contributed by atoms with E-state index in [0.717, 1.165) is 44.5 Å². The molecule has 4 nitrogen and oxygen atoms in total. The SMILES string of the molecule is O=C(Nc1cc(F)ccc1N1CCCC1)C1CCCO1. The zero-order chi connectivity index (χ0) is 13.9. The molecule has 0 spiro atoms. The molecule has 1 unspecified atom stereocenters. The van der Waals surface area contributed by atoms with Gasteiger partial charge in [-0.2, -0.15) is 0 Å². The van der Waals surface area contributed by atoms with Crippen LogP contribution in [0, 0.1) is 5.82 Å². The van der Waals surface area contributed by atoms with Crippen LogP contribution in [0.3, 0.4) is 0 Å². The van der Waals surface area contributed by atoms with Crippen LogP contribution in [0.25, 0.3) is 0 Å². The summed E-state index contributed by atoms with van der Waals surface area (Å²) in [7, 11) is 0. The lowest BCUT2D eigenvalue weighted by molar-refractivity contribution is -0.124. The van der Waals surface area contributed by atoms with E-state index in [1.165, 1.54) is 12.1 Å². The van der Waals surface area contributed by atoms with Crippen LogP contribution in [0.4, 0.5) is 15.8 Å². The minimum atomic E-state index is -0.398. The van der Waals surface area contributed by atoms with Gasteiger partial charge >= 0.3 is 0 Å². The molecule has 2 fully saturated rings. The first-order chi connectivity index (χ1) is 9.74. The Balaban J connectivity index is 1.79. The largest absolute Gasteiger partial charge is 0.370 e. The number of hydrogen-bond acceptors (Lipinski definition) is 3. The molecule has 3 rings (SSSR count). The topological polar surface area (TPSA) is 41.6 Å². The Labute approximate surface area is 117 Å². The number of hydrogen-bond donors (Lipinski definition) is 1. The van der Waals surface area contributed by atoms with Gasteiger partial charge in [0.05, 0.1) is 11.4 Å². The molecule has 2 aliphatic heterocycles. The molecule has 1 amide bonds. The first-order valence-electron chi connectivity index (χ1n) is 7.21. The number of carbonyl (C=O) groups excluding carboxylic acids is 1. The summed E-state index contributed by atoms with van der Waals surface area (Å²) in [6.07, 6.45) is 3.51. The highest BCUT2D eigenvalue weighted by Crippen LogP contribution is 2.30. The monoisotopic (exact) mass is 278 g/mol. The van der Waals surface area contributed by atoms with Gasteiger partial charge < -0.3 is 15.0 Å². The normalized spacial score (nSPS) is 22.2. The van der Waals surface area contributed by atoms with Gasteiger partial charge in [0, 0.05) is 19.7 Å². The van der Waals surface area contributed by atoms with Crippen LogP contribution in [0.2, 0.25) is 0 Å². The molecule has 1 N–H and O–H groups in total. The molecule has 0 aliphatic carbocycles. The zero-order valence-corrected chi connectivity index (χ0v) is 11.4. The van der Waals surface area contributed by atoms with Crippen molar-refractivity contribution in [2.45, 2.75) is 31.8 Å². The molecule has 1 aromatic carbocycles. The number of amides is 1. The van der Waals surface area contributed by atoms with Crippen LogP contribution in [0.5, 0.6) is 0 Å². The summed E-state index contributed by atoms with van der Waals surface area (Å²) in [6, 6.07) is 4.57. The minimum absolute atomic E-state index is 0.173. The molecule has 1 atom stereocenters. The lowest BCUT2D eigenvalue weighted by Gasteiger charge is -2.22. The third-order valence-electron chi connectivity index (χ3n) is 3.89. The minimum Gasteiger partial charge on any atom is -0.370 e. The Morgan fingerprint density at radius 1 is 1.30 bits per heavy atom. The van der Waals surface area contributed by atoms with Crippen molar-refractivity contribution in [2.75, 3.05) is 29.9 Å². The van der Waals surface area contributed by atoms with E-state index in [9.17, 15) is 9.18 Å². The van der Waals surface area contributed by atoms with Gasteiger partial charge in [-0.25, -0.2) is 4.39 Å². The van der Waals surface area contributed by atoms with Crippen molar-refractivity contribution in [3.05, 3.63) is 24.0 Å². The standard InChI is InChI=1S/C15H19FN2O2/c16-11-5-6-13(18-7-1-2-8-18)12(10-11)17-15(19)14-4-3-9-20-14/h5-6,10,14H,1-4,7-9H2,(H,17,19). The molecule has 1 aromatic rings. The van der Waals surface area contributed by atoms with Crippen molar-refractivity contribution >= 4 is 17.3 Å². The van der Waals surface area contributed by atoms with Crippen LogP contribution in [-0.2, 0) is 9.53 Å². The fourth-order valence-corrected chi connectivity index (χ4v) is 2.84. The van der Waals surface area contributed by atoms with Crippen molar-refractivity contribution in [2.24, 2.45) is 0 Å². The van der Waals surface area contributed by atoms with E-state index in [4.69, 9.17) is 4.74 Å². The summed E-state index contributed by atoms with van der Waals surface area (Å²) in [4.78, 5) is 14.3. The molecular weight excluding hydrogens is 259 g/mol. The Morgan fingerprint density at radius 3 is 2.80 bits per heavy atom. The highest BCUT2D eigenvalue weighted by atomic mass is 19.1. The van der Waals surface area contributed by atoms with E-state index >= 15 is 0 Å². The maximum Gasteiger partial charge on any atom is 0.253 e. The van der Waals surface area contributed by atoms with Gasteiger partial charge in [-0.05, 0) is 43.9 Å². The van der Waals surface area contributed by atoms with Crippen LogP contribution in [0.1, 0.15) is 25.7 Å². The summed E-state index contributed by atoms with van der Waals surface area (Å²) in [6.45, 7) is 2.53. The molecule has 2 heterocycles. The first-order valence-corrected chi connectivity index (χ1v) is 7.21. The summed E-state index contributed by atoms with van der Waals surface area (Å²) >= 11 is 0. The fraction of sp³-hybridized carbons (Fsp3) is 0.533. The highest BCUT2D eigenvalue weighted by molar-refractivity contribution is 5.97. The zero-order valence-electron chi connectivity index (χ0n) is 11.4. The van der Waals surface area contributed by atoms with Crippen molar-refractivity contribution < 1.29 is 13.9 Å².